The molecular formula is C18H25N5O2. The van der Waals surface area contributed by atoms with Crippen LogP contribution in [-0.4, -0.2) is 58.9 Å². The largest absolute Gasteiger partial charge is 0.508 e. The van der Waals surface area contributed by atoms with Crippen molar-refractivity contribution in [1.82, 2.24) is 14.9 Å². The molecule has 0 radical (unpaired) electrons. The topological polar surface area (TPSA) is 82.5 Å². The molecule has 1 aromatic heterocycles. The number of likely N-dealkylation sites (tertiary alicyclic amines) is 1. The first-order valence-corrected chi connectivity index (χ1v) is 8.52. The van der Waals surface area contributed by atoms with E-state index in [0.717, 1.165) is 30.3 Å². The van der Waals surface area contributed by atoms with Gasteiger partial charge in [-0.2, -0.15) is 4.98 Å². The summed E-state index contributed by atoms with van der Waals surface area (Å²) in [4.78, 5) is 11.2. The SMILES string of the molecule is CCO[C@@H]1CN(C)C[C@H]1Nc1cc(C)nc(Nc2cccc(O)c2)n1. The zero-order chi connectivity index (χ0) is 17.8. The molecule has 1 aliphatic rings. The molecule has 1 aliphatic heterocycles. The third-order valence-corrected chi connectivity index (χ3v) is 4.12. The molecule has 0 spiro atoms. The van der Waals surface area contributed by atoms with Crippen LogP contribution in [0.3, 0.4) is 0 Å². The third kappa shape index (κ3) is 4.58. The van der Waals surface area contributed by atoms with Crippen LogP contribution in [0, 0.1) is 6.92 Å². The Kier molecular flexibility index (Phi) is 5.35. The van der Waals surface area contributed by atoms with Gasteiger partial charge in [0.15, 0.2) is 0 Å². The predicted octanol–water partition coefficient (Wildman–Crippen LogP) is 2.37. The summed E-state index contributed by atoms with van der Waals surface area (Å²) in [7, 11) is 2.09. The molecule has 0 unspecified atom stereocenters. The summed E-state index contributed by atoms with van der Waals surface area (Å²) in [5, 5.41) is 16.2. The summed E-state index contributed by atoms with van der Waals surface area (Å²) >= 11 is 0. The lowest BCUT2D eigenvalue weighted by Gasteiger charge is -2.20. The number of anilines is 3. The van der Waals surface area contributed by atoms with Crippen LogP contribution in [-0.2, 0) is 4.74 Å². The number of aryl methyl sites for hydroxylation is 1. The molecule has 134 valence electrons. The van der Waals surface area contributed by atoms with Gasteiger partial charge in [0.25, 0.3) is 0 Å². The van der Waals surface area contributed by atoms with E-state index in [-0.39, 0.29) is 17.9 Å². The normalized spacial score (nSPS) is 20.6. The van der Waals surface area contributed by atoms with Crippen LogP contribution in [0.4, 0.5) is 17.5 Å². The second-order valence-electron chi connectivity index (χ2n) is 6.36. The molecule has 1 saturated heterocycles. The highest BCUT2D eigenvalue weighted by Crippen LogP contribution is 2.21. The molecule has 0 saturated carbocycles. The van der Waals surface area contributed by atoms with Crippen molar-refractivity contribution in [3.63, 3.8) is 0 Å². The number of aromatic nitrogens is 2. The van der Waals surface area contributed by atoms with Gasteiger partial charge in [-0.3, -0.25) is 0 Å². The van der Waals surface area contributed by atoms with Crippen LogP contribution in [0.25, 0.3) is 0 Å². The summed E-state index contributed by atoms with van der Waals surface area (Å²) in [6, 6.07) is 9.00. The number of hydrogen-bond acceptors (Lipinski definition) is 7. The molecule has 0 bridgehead atoms. The maximum atomic E-state index is 9.58. The van der Waals surface area contributed by atoms with Crippen molar-refractivity contribution in [3.05, 3.63) is 36.0 Å². The fraction of sp³-hybridized carbons (Fsp3) is 0.444. The van der Waals surface area contributed by atoms with Crippen LogP contribution in [0.1, 0.15) is 12.6 Å². The van der Waals surface area contributed by atoms with Crippen molar-refractivity contribution in [2.75, 3.05) is 37.4 Å². The fourth-order valence-electron chi connectivity index (χ4n) is 3.08. The van der Waals surface area contributed by atoms with E-state index in [4.69, 9.17) is 4.74 Å². The minimum absolute atomic E-state index is 0.146. The third-order valence-electron chi connectivity index (χ3n) is 4.12. The Morgan fingerprint density at radius 2 is 2.12 bits per heavy atom. The van der Waals surface area contributed by atoms with Crippen molar-refractivity contribution in [3.8, 4) is 5.75 Å². The molecule has 3 N–H and O–H groups in total. The standard InChI is InChI=1S/C18H25N5O2/c1-4-25-16-11-23(3)10-15(16)21-17-8-12(2)19-18(22-17)20-13-6-5-7-14(24)9-13/h5-9,15-16,24H,4,10-11H2,1-3H3,(H2,19,20,21,22)/t15-,16-/m1/s1. The number of rotatable bonds is 6. The molecule has 0 amide bonds. The second kappa shape index (κ2) is 7.67. The predicted molar refractivity (Wildman–Crippen MR) is 98.5 cm³/mol. The Morgan fingerprint density at radius 1 is 1.28 bits per heavy atom. The Balaban J connectivity index is 1.75. The van der Waals surface area contributed by atoms with E-state index in [1.807, 2.05) is 26.0 Å². The summed E-state index contributed by atoms with van der Waals surface area (Å²) in [5.41, 5.74) is 1.60. The van der Waals surface area contributed by atoms with Gasteiger partial charge in [-0.15, -0.1) is 0 Å². The van der Waals surface area contributed by atoms with Crippen LogP contribution in [0.5, 0.6) is 5.75 Å². The van der Waals surface area contributed by atoms with E-state index in [0.29, 0.717) is 12.6 Å². The fourth-order valence-corrected chi connectivity index (χ4v) is 3.08. The first-order valence-electron chi connectivity index (χ1n) is 8.52. The van der Waals surface area contributed by atoms with E-state index >= 15 is 0 Å². The number of benzene rings is 1. The number of ether oxygens (including phenoxy) is 1. The lowest BCUT2D eigenvalue weighted by atomic mass is 10.2. The zero-order valence-corrected chi connectivity index (χ0v) is 14.9. The Labute approximate surface area is 148 Å². The molecule has 0 aliphatic carbocycles. The summed E-state index contributed by atoms with van der Waals surface area (Å²) in [5.74, 6) is 1.46. The number of likely N-dealkylation sites (N-methyl/N-ethyl adjacent to an activating group) is 1. The van der Waals surface area contributed by atoms with E-state index in [1.165, 1.54) is 0 Å². The lowest BCUT2D eigenvalue weighted by Crippen LogP contribution is -2.34. The molecule has 7 nitrogen and oxygen atoms in total. The van der Waals surface area contributed by atoms with E-state index in [1.54, 1.807) is 18.2 Å². The molecule has 2 heterocycles. The van der Waals surface area contributed by atoms with Gasteiger partial charge in [0, 0.05) is 43.2 Å². The maximum Gasteiger partial charge on any atom is 0.229 e. The maximum absolute atomic E-state index is 9.58. The summed E-state index contributed by atoms with van der Waals surface area (Å²) in [6.07, 6.45) is 0.146. The zero-order valence-electron chi connectivity index (χ0n) is 14.9. The molecule has 25 heavy (non-hydrogen) atoms. The van der Waals surface area contributed by atoms with Gasteiger partial charge in [-0.25, -0.2) is 4.98 Å². The molecule has 1 fully saturated rings. The Morgan fingerprint density at radius 3 is 2.88 bits per heavy atom. The van der Waals surface area contributed by atoms with Gasteiger partial charge in [0.1, 0.15) is 11.6 Å². The number of phenols is 1. The molecular weight excluding hydrogens is 318 g/mol. The van der Waals surface area contributed by atoms with Crippen LogP contribution in [0.2, 0.25) is 0 Å². The second-order valence-corrected chi connectivity index (χ2v) is 6.36. The van der Waals surface area contributed by atoms with E-state index in [9.17, 15) is 5.11 Å². The highest BCUT2D eigenvalue weighted by atomic mass is 16.5. The van der Waals surface area contributed by atoms with E-state index in [2.05, 4.69) is 32.5 Å². The summed E-state index contributed by atoms with van der Waals surface area (Å²) < 4.78 is 5.84. The van der Waals surface area contributed by atoms with Gasteiger partial charge in [-0.1, -0.05) is 6.07 Å². The monoisotopic (exact) mass is 343 g/mol. The molecule has 7 heteroatoms. The van der Waals surface area contributed by atoms with Crippen LogP contribution < -0.4 is 10.6 Å². The number of hydrogen-bond donors (Lipinski definition) is 3. The molecule has 2 atom stereocenters. The highest BCUT2D eigenvalue weighted by Gasteiger charge is 2.31. The van der Waals surface area contributed by atoms with Crippen LogP contribution in [0.15, 0.2) is 30.3 Å². The average Bonchev–Trinajstić information content (AvgIpc) is 2.86. The van der Waals surface area contributed by atoms with Crippen molar-refractivity contribution in [2.24, 2.45) is 0 Å². The van der Waals surface area contributed by atoms with E-state index < -0.39 is 0 Å². The van der Waals surface area contributed by atoms with Gasteiger partial charge in [0.05, 0.1) is 12.1 Å². The van der Waals surface area contributed by atoms with Crippen molar-refractivity contribution >= 4 is 17.5 Å². The highest BCUT2D eigenvalue weighted by molar-refractivity contribution is 5.57. The molecule has 1 aromatic carbocycles. The minimum atomic E-state index is 0.146. The minimum Gasteiger partial charge on any atom is -0.508 e. The van der Waals surface area contributed by atoms with Crippen molar-refractivity contribution in [2.45, 2.75) is 26.0 Å². The Bertz CT molecular complexity index is 724. The van der Waals surface area contributed by atoms with Crippen molar-refractivity contribution < 1.29 is 9.84 Å². The Hall–Kier alpha value is -2.38. The average molecular weight is 343 g/mol. The lowest BCUT2D eigenvalue weighted by molar-refractivity contribution is 0.0652. The first kappa shape index (κ1) is 17.4. The van der Waals surface area contributed by atoms with Crippen LogP contribution >= 0.6 is 0 Å². The van der Waals surface area contributed by atoms with Gasteiger partial charge < -0.3 is 25.4 Å². The van der Waals surface area contributed by atoms with Gasteiger partial charge in [0.2, 0.25) is 5.95 Å². The number of nitrogens with zero attached hydrogens (tertiary/aromatic N) is 3. The first-order chi connectivity index (χ1) is 12.0. The number of nitrogens with one attached hydrogen (secondary N) is 2. The summed E-state index contributed by atoms with van der Waals surface area (Å²) in [6.45, 7) is 6.46. The van der Waals surface area contributed by atoms with Gasteiger partial charge >= 0.3 is 0 Å². The molecule has 2 aromatic rings. The van der Waals surface area contributed by atoms with Gasteiger partial charge in [-0.05, 0) is 33.0 Å². The number of phenolic OH excluding ortho intramolecular Hbond substituents is 1. The number of aromatic hydroxyl groups is 1. The molecule has 3 rings (SSSR count). The smallest absolute Gasteiger partial charge is 0.229 e. The quantitative estimate of drug-likeness (QED) is 0.743. The van der Waals surface area contributed by atoms with Crippen molar-refractivity contribution in [1.29, 1.82) is 0 Å².